The number of nitriles is 1. The van der Waals surface area contributed by atoms with Gasteiger partial charge in [-0.05, 0) is 17.7 Å². The lowest BCUT2D eigenvalue weighted by molar-refractivity contribution is -0.104. The molecular formula is C10H8N2O. The SMILES string of the molecule is N#Cc1cccc(/C(N)=C/C=O)c1. The number of nitrogens with two attached hydrogens (primary N) is 1. The lowest BCUT2D eigenvalue weighted by atomic mass is 10.1. The average molecular weight is 172 g/mol. The van der Waals surface area contributed by atoms with Crippen molar-refractivity contribution in [1.82, 2.24) is 0 Å². The Balaban J connectivity index is 3.10. The van der Waals surface area contributed by atoms with Crippen molar-refractivity contribution in [3.63, 3.8) is 0 Å². The monoisotopic (exact) mass is 172 g/mol. The van der Waals surface area contributed by atoms with Gasteiger partial charge in [0, 0.05) is 11.8 Å². The van der Waals surface area contributed by atoms with E-state index >= 15 is 0 Å². The summed E-state index contributed by atoms with van der Waals surface area (Å²) in [4.78, 5) is 10.1. The molecule has 1 rings (SSSR count). The second kappa shape index (κ2) is 4.07. The minimum atomic E-state index is 0.368. The number of carbonyl (C=O) groups excluding carboxylic acids is 1. The van der Waals surface area contributed by atoms with Crippen molar-refractivity contribution in [2.24, 2.45) is 5.73 Å². The van der Waals surface area contributed by atoms with E-state index in [1.165, 1.54) is 6.08 Å². The number of allylic oxidation sites excluding steroid dienone is 1. The zero-order chi connectivity index (χ0) is 9.68. The fraction of sp³-hybridized carbons (Fsp3) is 0. The topological polar surface area (TPSA) is 66.9 Å². The van der Waals surface area contributed by atoms with E-state index in [1.54, 1.807) is 24.3 Å². The van der Waals surface area contributed by atoms with E-state index in [-0.39, 0.29) is 0 Å². The van der Waals surface area contributed by atoms with E-state index in [2.05, 4.69) is 0 Å². The van der Waals surface area contributed by atoms with Crippen molar-refractivity contribution in [2.75, 3.05) is 0 Å². The molecule has 13 heavy (non-hydrogen) atoms. The predicted octanol–water partition coefficient (Wildman–Crippen LogP) is 1.06. The molecule has 0 amide bonds. The molecule has 1 aromatic rings. The summed E-state index contributed by atoms with van der Waals surface area (Å²) in [7, 11) is 0. The summed E-state index contributed by atoms with van der Waals surface area (Å²) >= 11 is 0. The zero-order valence-corrected chi connectivity index (χ0v) is 6.90. The Bertz CT molecular complexity index is 388. The summed E-state index contributed by atoms with van der Waals surface area (Å²) in [5.74, 6) is 0. The summed E-state index contributed by atoms with van der Waals surface area (Å²) in [5.41, 5.74) is 7.13. The number of aldehydes is 1. The zero-order valence-electron chi connectivity index (χ0n) is 6.90. The third-order valence-corrected chi connectivity index (χ3v) is 1.57. The smallest absolute Gasteiger partial charge is 0.144 e. The first-order valence-corrected chi connectivity index (χ1v) is 3.69. The van der Waals surface area contributed by atoms with Gasteiger partial charge in [0.1, 0.15) is 6.29 Å². The van der Waals surface area contributed by atoms with Gasteiger partial charge in [-0.1, -0.05) is 12.1 Å². The Morgan fingerprint density at radius 3 is 2.92 bits per heavy atom. The lowest BCUT2D eigenvalue weighted by Gasteiger charge is -1.99. The maximum absolute atomic E-state index is 10.1. The van der Waals surface area contributed by atoms with Gasteiger partial charge in [0.05, 0.1) is 11.6 Å². The molecule has 3 nitrogen and oxygen atoms in total. The molecule has 0 aliphatic carbocycles. The van der Waals surface area contributed by atoms with Crippen LogP contribution in [0.15, 0.2) is 30.3 Å². The molecule has 0 saturated carbocycles. The van der Waals surface area contributed by atoms with Crippen LogP contribution in [0.5, 0.6) is 0 Å². The van der Waals surface area contributed by atoms with Crippen LogP contribution >= 0.6 is 0 Å². The van der Waals surface area contributed by atoms with Crippen molar-refractivity contribution in [2.45, 2.75) is 0 Å². The summed E-state index contributed by atoms with van der Waals surface area (Å²) < 4.78 is 0. The van der Waals surface area contributed by atoms with Crippen molar-refractivity contribution in [1.29, 1.82) is 5.26 Å². The van der Waals surface area contributed by atoms with Gasteiger partial charge >= 0.3 is 0 Å². The minimum absolute atomic E-state index is 0.368. The Kier molecular flexibility index (Phi) is 2.82. The van der Waals surface area contributed by atoms with Gasteiger partial charge in [0.15, 0.2) is 0 Å². The van der Waals surface area contributed by atoms with Crippen LogP contribution < -0.4 is 5.73 Å². The Morgan fingerprint density at radius 1 is 1.54 bits per heavy atom. The molecule has 1 aromatic carbocycles. The molecule has 0 radical (unpaired) electrons. The van der Waals surface area contributed by atoms with E-state index in [0.717, 1.165) is 0 Å². The third-order valence-electron chi connectivity index (χ3n) is 1.57. The van der Waals surface area contributed by atoms with Crippen LogP contribution in [0.25, 0.3) is 5.70 Å². The van der Waals surface area contributed by atoms with Crippen molar-refractivity contribution >= 4 is 12.0 Å². The molecule has 0 fully saturated rings. The fourth-order valence-corrected chi connectivity index (χ4v) is 0.938. The minimum Gasteiger partial charge on any atom is -0.398 e. The number of benzene rings is 1. The van der Waals surface area contributed by atoms with E-state index in [9.17, 15) is 4.79 Å². The van der Waals surface area contributed by atoms with Crippen LogP contribution in [0.4, 0.5) is 0 Å². The van der Waals surface area contributed by atoms with Crippen LogP contribution in [0.3, 0.4) is 0 Å². The normalized spacial score (nSPS) is 10.5. The highest BCUT2D eigenvalue weighted by molar-refractivity contribution is 5.80. The first-order chi connectivity index (χ1) is 6.27. The summed E-state index contributed by atoms with van der Waals surface area (Å²) in [6, 6.07) is 8.77. The Hall–Kier alpha value is -2.08. The molecule has 0 saturated heterocycles. The molecule has 0 bridgehead atoms. The predicted molar refractivity (Wildman–Crippen MR) is 49.4 cm³/mol. The second-order valence-corrected chi connectivity index (χ2v) is 2.45. The number of hydrogen-bond acceptors (Lipinski definition) is 3. The molecule has 3 heteroatoms. The standard InChI is InChI=1S/C10H8N2O/c11-7-8-2-1-3-9(6-8)10(12)4-5-13/h1-6H,12H2/b10-4-. The largest absolute Gasteiger partial charge is 0.398 e. The van der Waals surface area contributed by atoms with E-state index in [1.807, 2.05) is 6.07 Å². The first kappa shape index (κ1) is 9.01. The van der Waals surface area contributed by atoms with Crippen LogP contribution in [-0.4, -0.2) is 6.29 Å². The van der Waals surface area contributed by atoms with Gasteiger partial charge in [-0.25, -0.2) is 0 Å². The molecular weight excluding hydrogens is 164 g/mol. The molecule has 0 heterocycles. The van der Waals surface area contributed by atoms with Crippen LogP contribution in [0.2, 0.25) is 0 Å². The summed E-state index contributed by atoms with van der Waals surface area (Å²) in [5, 5.41) is 8.59. The highest BCUT2D eigenvalue weighted by Gasteiger charge is 1.96. The van der Waals surface area contributed by atoms with E-state index < -0.39 is 0 Å². The van der Waals surface area contributed by atoms with E-state index in [0.29, 0.717) is 23.1 Å². The quantitative estimate of drug-likeness (QED) is 0.535. The molecule has 0 aliphatic heterocycles. The number of hydrogen-bond donors (Lipinski definition) is 1. The molecule has 0 aliphatic rings. The highest BCUT2D eigenvalue weighted by atomic mass is 16.1. The number of rotatable bonds is 2. The van der Waals surface area contributed by atoms with Gasteiger partial charge in [-0.15, -0.1) is 0 Å². The van der Waals surface area contributed by atoms with Gasteiger partial charge in [0.2, 0.25) is 0 Å². The molecule has 0 unspecified atom stereocenters. The maximum Gasteiger partial charge on any atom is 0.144 e. The number of nitrogens with zero attached hydrogens (tertiary/aromatic N) is 1. The van der Waals surface area contributed by atoms with Gasteiger partial charge < -0.3 is 5.73 Å². The van der Waals surface area contributed by atoms with Gasteiger partial charge in [-0.3, -0.25) is 4.79 Å². The summed E-state index contributed by atoms with van der Waals surface area (Å²) in [6.45, 7) is 0. The third kappa shape index (κ3) is 2.17. The van der Waals surface area contributed by atoms with Crippen LogP contribution in [0.1, 0.15) is 11.1 Å². The van der Waals surface area contributed by atoms with Crippen LogP contribution in [-0.2, 0) is 4.79 Å². The molecule has 0 spiro atoms. The van der Waals surface area contributed by atoms with Gasteiger partial charge in [0.25, 0.3) is 0 Å². The number of carbonyl (C=O) groups is 1. The lowest BCUT2D eigenvalue weighted by Crippen LogP contribution is -1.96. The van der Waals surface area contributed by atoms with E-state index in [4.69, 9.17) is 11.0 Å². The first-order valence-electron chi connectivity index (χ1n) is 3.69. The van der Waals surface area contributed by atoms with Crippen LogP contribution in [0, 0.1) is 11.3 Å². The molecule has 0 atom stereocenters. The highest BCUT2D eigenvalue weighted by Crippen LogP contribution is 2.09. The van der Waals surface area contributed by atoms with Crippen molar-refractivity contribution < 1.29 is 4.79 Å². The Labute approximate surface area is 76.1 Å². The molecule has 64 valence electrons. The van der Waals surface area contributed by atoms with Gasteiger partial charge in [-0.2, -0.15) is 5.26 Å². The van der Waals surface area contributed by atoms with Crippen molar-refractivity contribution in [3.05, 3.63) is 41.5 Å². The molecule has 2 N–H and O–H groups in total. The Morgan fingerprint density at radius 2 is 2.31 bits per heavy atom. The fourth-order valence-electron chi connectivity index (χ4n) is 0.938. The maximum atomic E-state index is 10.1. The second-order valence-electron chi connectivity index (χ2n) is 2.45. The van der Waals surface area contributed by atoms with Crippen molar-refractivity contribution in [3.8, 4) is 6.07 Å². The summed E-state index contributed by atoms with van der Waals surface area (Å²) in [6.07, 6.45) is 1.88. The molecule has 0 aromatic heterocycles. The average Bonchev–Trinajstić information content (AvgIpc) is 2.18.